The predicted molar refractivity (Wildman–Crippen MR) is 98.7 cm³/mol. The van der Waals surface area contributed by atoms with Crippen molar-refractivity contribution in [1.82, 2.24) is 5.32 Å². The summed E-state index contributed by atoms with van der Waals surface area (Å²) < 4.78 is 0. The largest absolute Gasteiger partial charge is 0.481 e. The van der Waals surface area contributed by atoms with Gasteiger partial charge in [0.1, 0.15) is 0 Å². The average Bonchev–Trinajstić information content (AvgIpc) is 2.37. The molecule has 1 aliphatic heterocycles. The number of aliphatic hydroxyl groups excluding tert-OH is 1. The molecule has 0 aromatic carbocycles. The summed E-state index contributed by atoms with van der Waals surface area (Å²) >= 11 is 0. The first kappa shape index (κ1) is 23.9. The van der Waals surface area contributed by atoms with Gasteiger partial charge in [0, 0.05) is 23.9 Å². The lowest BCUT2D eigenvalue weighted by Crippen LogP contribution is -2.59. The zero-order valence-electron chi connectivity index (χ0n) is 16.3. The average molecular weight is 360 g/mol. The highest BCUT2D eigenvalue weighted by atomic mass is 16.4. The van der Waals surface area contributed by atoms with Gasteiger partial charge in [-0.1, -0.05) is 25.7 Å². The fourth-order valence-electron chi connectivity index (χ4n) is 3.53. The topological polar surface area (TPSA) is 107 Å². The van der Waals surface area contributed by atoms with Crippen LogP contribution in [0.5, 0.6) is 0 Å². The van der Waals surface area contributed by atoms with Crippen molar-refractivity contribution < 1.29 is 24.9 Å². The van der Waals surface area contributed by atoms with Gasteiger partial charge in [-0.15, -0.1) is 0 Å². The van der Waals surface area contributed by atoms with E-state index in [1.807, 2.05) is 0 Å². The molecule has 1 rings (SSSR count). The van der Waals surface area contributed by atoms with Crippen LogP contribution >= 0.6 is 0 Å². The van der Waals surface area contributed by atoms with Crippen molar-refractivity contribution in [3.8, 4) is 0 Å². The molecule has 1 aliphatic rings. The maximum Gasteiger partial charge on any atom is 0.303 e. The Labute approximate surface area is 152 Å². The molecule has 6 heteroatoms. The van der Waals surface area contributed by atoms with Crippen molar-refractivity contribution in [2.24, 2.45) is 0 Å². The van der Waals surface area contributed by atoms with E-state index in [9.17, 15) is 14.7 Å². The van der Waals surface area contributed by atoms with Gasteiger partial charge in [0.05, 0.1) is 6.10 Å². The molecule has 148 valence electrons. The van der Waals surface area contributed by atoms with Crippen LogP contribution in [0.2, 0.25) is 0 Å². The van der Waals surface area contributed by atoms with E-state index < -0.39 is 11.9 Å². The summed E-state index contributed by atoms with van der Waals surface area (Å²) in [5.41, 5.74) is 0.169. The lowest BCUT2D eigenvalue weighted by molar-refractivity contribution is -0.138. The molecule has 1 saturated heterocycles. The minimum absolute atomic E-state index is 0.0845. The van der Waals surface area contributed by atoms with E-state index >= 15 is 0 Å². The number of carboxylic acid groups (broad SMARTS) is 2. The van der Waals surface area contributed by atoms with E-state index in [2.05, 4.69) is 33.0 Å². The van der Waals surface area contributed by atoms with Crippen molar-refractivity contribution in [2.75, 3.05) is 0 Å². The number of aliphatic carboxylic acids is 2. The van der Waals surface area contributed by atoms with Gasteiger partial charge in [0.2, 0.25) is 0 Å². The Bertz CT molecular complexity index is 371. The van der Waals surface area contributed by atoms with Crippen molar-refractivity contribution in [3.63, 3.8) is 0 Å². The number of rotatable bonds is 9. The van der Waals surface area contributed by atoms with Crippen molar-refractivity contribution in [2.45, 2.75) is 109 Å². The highest BCUT2D eigenvalue weighted by molar-refractivity contribution is 5.66. The highest BCUT2D eigenvalue weighted by Crippen LogP contribution is 2.27. The van der Waals surface area contributed by atoms with E-state index in [0.717, 1.165) is 51.4 Å². The standard InChI is InChI=1S/C10H18O4.C9H19NO/c11-9(12)7-5-3-1-2-4-6-8-10(13)14;1-8(2)5-7(11)6-9(3,4)10-8/h1-8H2,(H,11,12)(H,13,14);7,10-11H,5-6H2,1-4H3. The van der Waals surface area contributed by atoms with Crippen molar-refractivity contribution in [1.29, 1.82) is 0 Å². The van der Waals surface area contributed by atoms with Crippen LogP contribution < -0.4 is 5.32 Å². The molecule has 0 aromatic heterocycles. The third kappa shape index (κ3) is 14.9. The summed E-state index contributed by atoms with van der Waals surface area (Å²) in [6, 6.07) is 0. The first-order chi connectivity index (χ1) is 11.4. The van der Waals surface area contributed by atoms with Crippen LogP contribution in [0.25, 0.3) is 0 Å². The predicted octanol–water partition coefficient (Wildman–Crippen LogP) is 3.56. The normalized spacial score (nSPS) is 18.9. The van der Waals surface area contributed by atoms with E-state index in [4.69, 9.17) is 10.2 Å². The first-order valence-corrected chi connectivity index (χ1v) is 9.34. The van der Waals surface area contributed by atoms with Gasteiger partial charge in [0.15, 0.2) is 0 Å². The summed E-state index contributed by atoms with van der Waals surface area (Å²) in [4.78, 5) is 20.3. The molecule has 6 nitrogen and oxygen atoms in total. The summed E-state index contributed by atoms with van der Waals surface area (Å²) in [5.74, 6) is -1.48. The number of unbranched alkanes of at least 4 members (excludes halogenated alkanes) is 5. The van der Waals surface area contributed by atoms with Gasteiger partial charge in [-0.25, -0.2) is 0 Å². The van der Waals surface area contributed by atoms with Gasteiger partial charge >= 0.3 is 11.9 Å². The summed E-state index contributed by atoms with van der Waals surface area (Å²) in [7, 11) is 0. The molecule has 0 aromatic rings. The minimum atomic E-state index is -0.740. The molecule has 0 aliphatic carbocycles. The smallest absolute Gasteiger partial charge is 0.303 e. The third-order valence-electron chi connectivity index (χ3n) is 4.20. The molecule has 25 heavy (non-hydrogen) atoms. The fraction of sp³-hybridized carbons (Fsp3) is 0.895. The molecular formula is C19H37NO5. The SMILES string of the molecule is CC1(C)CC(O)CC(C)(C)N1.O=C(O)CCCCCCCCC(=O)O. The molecule has 1 heterocycles. The van der Waals surface area contributed by atoms with E-state index in [0.29, 0.717) is 0 Å². The van der Waals surface area contributed by atoms with E-state index in [-0.39, 0.29) is 30.0 Å². The monoisotopic (exact) mass is 359 g/mol. The van der Waals surface area contributed by atoms with Crippen LogP contribution in [0.1, 0.15) is 91.9 Å². The lowest BCUT2D eigenvalue weighted by atomic mass is 9.81. The van der Waals surface area contributed by atoms with Gasteiger partial charge in [0.25, 0.3) is 0 Å². The van der Waals surface area contributed by atoms with E-state index in [1.54, 1.807) is 0 Å². The lowest BCUT2D eigenvalue weighted by Gasteiger charge is -2.44. The van der Waals surface area contributed by atoms with Crippen LogP contribution in [-0.2, 0) is 9.59 Å². The molecule has 1 fully saturated rings. The van der Waals surface area contributed by atoms with Crippen molar-refractivity contribution >= 4 is 11.9 Å². The maximum atomic E-state index is 10.1. The Morgan fingerprint density at radius 1 is 0.800 bits per heavy atom. The second-order valence-corrected chi connectivity index (χ2v) is 8.36. The molecular weight excluding hydrogens is 322 g/mol. The number of piperidine rings is 1. The quantitative estimate of drug-likeness (QED) is 0.469. The van der Waals surface area contributed by atoms with Crippen LogP contribution in [0.15, 0.2) is 0 Å². The Kier molecular flexibility index (Phi) is 10.9. The van der Waals surface area contributed by atoms with Gasteiger partial charge in [-0.3, -0.25) is 9.59 Å². The maximum absolute atomic E-state index is 10.1. The molecule has 0 radical (unpaired) electrons. The molecule has 0 bridgehead atoms. The Balaban J connectivity index is 0.000000472. The molecule has 0 atom stereocenters. The summed E-state index contributed by atoms with van der Waals surface area (Å²) in [5, 5.41) is 29.7. The fourth-order valence-corrected chi connectivity index (χ4v) is 3.53. The zero-order chi connectivity index (χ0) is 19.5. The number of hydrogen-bond donors (Lipinski definition) is 4. The van der Waals surface area contributed by atoms with Crippen LogP contribution in [0, 0.1) is 0 Å². The summed E-state index contributed by atoms with van der Waals surface area (Å²) in [6.07, 6.45) is 7.40. The van der Waals surface area contributed by atoms with Crippen LogP contribution in [-0.4, -0.2) is 44.4 Å². The molecule has 0 amide bonds. The molecule has 0 unspecified atom stereocenters. The molecule has 0 saturated carbocycles. The first-order valence-electron chi connectivity index (χ1n) is 9.34. The number of nitrogens with one attached hydrogen (secondary N) is 1. The van der Waals surface area contributed by atoms with Gasteiger partial charge in [-0.2, -0.15) is 0 Å². The van der Waals surface area contributed by atoms with Gasteiger partial charge in [-0.05, 0) is 53.4 Å². The Hall–Kier alpha value is -1.14. The number of carboxylic acids is 2. The summed E-state index contributed by atoms with van der Waals surface area (Å²) in [6.45, 7) is 8.54. The van der Waals surface area contributed by atoms with Gasteiger partial charge < -0.3 is 20.6 Å². The van der Waals surface area contributed by atoms with E-state index in [1.165, 1.54) is 0 Å². The zero-order valence-corrected chi connectivity index (χ0v) is 16.3. The van der Waals surface area contributed by atoms with Crippen LogP contribution in [0.3, 0.4) is 0 Å². The Morgan fingerprint density at radius 3 is 1.40 bits per heavy atom. The second-order valence-electron chi connectivity index (χ2n) is 8.36. The second kappa shape index (κ2) is 11.5. The van der Waals surface area contributed by atoms with Crippen molar-refractivity contribution in [3.05, 3.63) is 0 Å². The minimum Gasteiger partial charge on any atom is -0.481 e. The molecule has 0 spiro atoms. The number of hydrogen-bond acceptors (Lipinski definition) is 4. The number of aliphatic hydroxyl groups is 1. The third-order valence-corrected chi connectivity index (χ3v) is 4.20. The number of carbonyl (C=O) groups is 2. The van der Waals surface area contributed by atoms with Crippen LogP contribution in [0.4, 0.5) is 0 Å². The highest BCUT2D eigenvalue weighted by Gasteiger charge is 2.36. The Morgan fingerprint density at radius 2 is 1.12 bits per heavy atom. The molecule has 4 N–H and O–H groups in total.